The summed E-state index contributed by atoms with van der Waals surface area (Å²) in [5, 5.41) is 2.59. The van der Waals surface area contributed by atoms with Crippen molar-refractivity contribution in [1.82, 2.24) is 10.2 Å². The Morgan fingerprint density at radius 2 is 2.12 bits per heavy atom. The molecule has 2 amide bonds. The van der Waals surface area contributed by atoms with Gasteiger partial charge in [-0.2, -0.15) is 0 Å². The lowest BCUT2D eigenvalue weighted by atomic mass is 9.91. The van der Waals surface area contributed by atoms with Crippen molar-refractivity contribution >= 4 is 11.8 Å². The molecule has 0 saturated carbocycles. The Hall–Kier alpha value is -2.15. The normalized spacial score (nSPS) is 20.1. The average Bonchev–Trinajstić information content (AvgIpc) is 2.97. The monoisotopic (exact) mass is 338 g/mol. The first-order valence-corrected chi connectivity index (χ1v) is 7.82. The third kappa shape index (κ3) is 3.51. The quantitative estimate of drug-likeness (QED) is 0.855. The molecule has 1 atom stereocenters. The van der Waals surface area contributed by atoms with E-state index < -0.39 is 11.4 Å². The molecule has 1 aliphatic rings. The molecular formula is C17H23FN2O4. The van der Waals surface area contributed by atoms with Gasteiger partial charge >= 0.3 is 0 Å². The van der Waals surface area contributed by atoms with E-state index in [-0.39, 0.29) is 36.2 Å². The third-order valence-electron chi connectivity index (χ3n) is 4.42. The standard InChI is InChI=1S/C17H23FN2O4/c1-19-15(21)10-17(11-23-2)7-4-8-20(17)16(22)12-5-6-14(24-3)13(18)9-12/h5-6,9H,4,7-8,10-11H2,1-3H3,(H,19,21)/t17-/m0/s1. The van der Waals surface area contributed by atoms with Crippen molar-refractivity contribution in [1.29, 1.82) is 0 Å². The highest BCUT2D eigenvalue weighted by Gasteiger charge is 2.45. The Balaban J connectivity index is 2.31. The molecule has 1 heterocycles. The van der Waals surface area contributed by atoms with Crippen molar-refractivity contribution in [2.24, 2.45) is 0 Å². The summed E-state index contributed by atoms with van der Waals surface area (Å²) in [5.41, 5.74) is -0.477. The molecule has 2 rings (SSSR count). The summed E-state index contributed by atoms with van der Waals surface area (Å²) in [6.07, 6.45) is 1.59. The molecule has 1 aromatic rings. The number of hydrogen-bond donors (Lipinski definition) is 1. The number of benzene rings is 1. The van der Waals surface area contributed by atoms with E-state index in [4.69, 9.17) is 9.47 Å². The van der Waals surface area contributed by atoms with Crippen LogP contribution in [0.2, 0.25) is 0 Å². The molecule has 1 aliphatic heterocycles. The number of methoxy groups -OCH3 is 2. The molecule has 1 aromatic carbocycles. The van der Waals surface area contributed by atoms with Crippen LogP contribution in [0.25, 0.3) is 0 Å². The lowest BCUT2D eigenvalue weighted by molar-refractivity contribution is -0.123. The highest BCUT2D eigenvalue weighted by molar-refractivity contribution is 5.95. The molecular weight excluding hydrogens is 315 g/mol. The van der Waals surface area contributed by atoms with Crippen LogP contribution >= 0.6 is 0 Å². The van der Waals surface area contributed by atoms with Crippen LogP contribution < -0.4 is 10.1 Å². The number of likely N-dealkylation sites (tertiary alicyclic amines) is 1. The molecule has 1 N–H and O–H groups in total. The third-order valence-corrected chi connectivity index (χ3v) is 4.42. The second kappa shape index (κ2) is 7.61. The number of ether oxygens (including phenoxy) is 2. The number of nitrogens with zero attached hydrogens (tertiary/aromatic N) is 1. The van der Waals surface area contributed by atoms with Gasteiger partial charge in [-0.25, -0.2) is 4.39 Å². The molecule has 7 heteroatoms. The number of halogens is 1. The SMILES string of the molecule is CNC(=O)C[C@]1(COC)CCCN1C(=O)c1ccc(OC)c(F)c1. The summed E-state index contributed by atoms with van der Waals surface area (Å²) in [4.78, 5) is 26.4. The van der Waals surface area contributed by atoms with Gasteiger partial charge in [-0.15, -0.1) is 0 Å². The van der Waals surface area contributed by atoms with E-state index in [9.17, 15) is 14.0 Å². The lowest BCUT2D eigenvalue weighted by Crippen LogP contribution is -2.52. The van der Waals surface area contributed by atoms with Gasteiger partial charge in [0.2, 0.25) is 5.91 Å². The van der Waals surface area contributed by atoms with Gasteiger partial charge in [-0.05, 0) is 31.0 Å². The van der Waals surface area contributed by atoms with Crippen LogP contribution in [0.1, 0.15) is 29.6 Å². The summed E-state index contributed by atoms with van der Waals surface area (Å²) in [5.74, 6) is -0.977. The predicted octanol–water partition coefficient (Wildman–Crippen LogP) is 1.59. The minimum atomic E-state index is -0.706. The van der Waals surface area contributed by atoms with Crippen molar-refractivity contribution < 1.29 is 23.5 Å². The summed E-state index contributed by atoms with van der Waals surface area (Å²) in [6.45, 7) is 0.762. The van der Waals surface area contributed by atoms with Crippen molar-refractivity contribution in [3.63, 3.8) is 0 Å². The first kappa shape index (κ1) is 18.2. The minimum absolute atomic E-state index is 0.0847. The Labute approximate surface area is 140 Å². The first-order chi connectivity index (χ1) is 11.5. The molecule has 24 heavy (non-hydrogen) atoms. The Kier molecular flexibility index (Phi) is 5.77. The molecule has 0 radical (unpaired) electrons. The second-order valence-electron chi connectivity index (χ2n) is 5.92. The molecule has 132 valence electrons. The van der Waals surface area contributed by atoms with Crippen LogP contribution in [0.4, 0.5) is 4.39 Å². The maximum absolute atomic E-state index is 13.9. The van der Waals surface area contributed by atoms with Gasteiger partial charge in [0.15, 0.2) is 11.6 Å². The van der Waals surface area contributed by atoms with E-state index >= 15 is 0 Å². The molecule has 0 spiro atoms. The molecule has 0 bridgehead atoms. The summed E-state index contributed by atoms with van der Waals surface area (Å²) < 4.78 is 24.1. The molecule has 0 aliphatic carbocycles. The number of amides is 2. The van der Waals surface area contributed by atoms with Gasteiger partial charge in [0.1, 0.15) is 0 Å². The molecule has 0 aromatic heterocycles. The van der Waals surface area contributed by atoms with Crippen molar-refractivity contribution in [3.05, 3.63) is 29.6 Å². The minimum Gasteiger partial charge on any atom is -0.494 e. The van der Waals surface area contributed by atoms with E-state index in [0.29, 0.717) is 13.0 Å². The lowest BCUT2D eigenvalue weighted by Gasteiger charge is -2.37. The molecule has 1 fully saturated rings. The fourth-order valence-corrected chi connectivity index (χ4v) is 3.25. The molecule has 1 saturated heterocycles. The van der Waals surface area contributed by atoms with Gasteiger partial charge in [-0.3, -0.25) is 9.59 Å². The van der Waals surface area contributed by atoms with Gasteiger partial charge in [0, 0.05) is 26.3 Å². The average molecular weight is 338 g/mol. The fourth-order valence-electron chi connectivity index (χ4n) is 3.25. The first-order valence-electron chi connectivity index (χ1n) is 7.82. The maximum Gasteiger partial charge on any atom is 0.254 e. The van der Waals surface area contributed by atoms with Crippen LogP contribution in [-0.2, 0) is 9.53 Å². The Bertz CT molecular complexity index is 623. The fraction of sp³-hybridized carbons (Fsp3) is 0.529. The predicted molar refractivity (Wildman–Crippen MR) is 86.5 cm³/mol. The number of carbonyl (C=O) groups is 2. The van der Waals surface area contributed by atoms with Gasteiger partial charge in [0.05, 0.1) is 25.7 Å². The zero-order valence-electron chi connectivity index (χ0n) is 14.2. The van der Waals surface area contributed by atoms with Crippen molar-refractivity contribution in [2.45, 2.75) is 24.8 Å². The van der Waals surface area contributed by atoms with Gasteiger partial charge < -0.3 is 19.7 Å². The zero-order chi connectivity index (χ0) is 17.7. The topological polar surface area (TPSA) is 67.9 Å². The maximum atomic E-state index is 13.9. The van der Waals surface area contributed by atoms with Crippen LogP contribution in [0.3, 0.4) is 0 Å². The van der Waals surface area contributed by atoms with E-state index in [2.05, 4.69) is 5.32 Å². The molecule has 6 nitrogen and oxygen atoms in total. The van der Waals surface area contributed by atoms with E-state index in [0.717, 1.165) is 12.5 Å². The highest BCUT2D eigenvalue weighted by Crippen LogP contribution is 2.34. The number of rotatable bonds is 6. The van der Waals surface area contributed by atoms with Crippen LogP contribution in [0, 0.1) is 5.82 Å². The van der Waals surface area contributed by atoms with Crippen LogP contribution in [-0.4, -0.2) is 56.7 Å². The second-order valence-corrected chi connectivity index (χ2v) is 5.92. The van der Waals surface area contributed by atoms with Crippen LogP contribution in [0.15, 0.2) is 18.2 Å². The Morgan fingerprint density at radius 1 is 1.38 bits per heavy atom. The summed E-state index contributed by atoms with van der Waals surface area (Å²) >= 11 is 0. The molecule has 0 unspecified atom stereocenters. The van der Waals surface area contributed by atoms with Gasteiger partial charge in [0.25, 0.3) is 5.91 Å². The zero-order valence-corrected chi connectivity index (χ0v) is 14.2. The van der Waals surface area contributed by atoms with E-state index in [1.807, 2.05) is 0 Å². The number of hydrogen-bond acceptors (Lipinski definition) is 4. The van der Waals surface area contributed by atoms with Crippen molar-refractivity contribution in [2.75, 3.05) is 34.4 Å². The van der Waals surface area contributed by atoms with Crippen LogP contribution in [0.5, 0.6) is 5.75 Å². The van der Waals surface area contributed by atoms with E-state index in [1.165, 1.54) is 19.2 Å². The van der Waals surface area contributed by atoms with Crippen molar-refractivity contribution in [3.8, 4) is 5.75 Å². The van der Waals surface area contributed by atoms with Gasteiger partial charge in [-0.1, -0.05) is 0 Å². The Morgan fingerprint density at radius 3 is 2.71 bits per heavy atom. The smallest absolute Gasteiger partial charge is 0.254 e. The van der Waals surface area contributed by atoms with E-state index in [1.54, 1.807) is 19.1 Å². The number of carbonyl (C=O) groups excluding carboxylic acids is 2. The summed E-state index contributed by atoms with van der Waals surface area (Å²) in [6, 6.07) is 4.12. The number of nitrogens with one attached hydrogen (secondary N) is 1. The highest BCUT2D eigenvalue weighted by atomic mass is 19.1. The summed E-state index contributed by atoms with van der Waals surface area (Å²) in [7, 11) is 4.47. The largest absolute Gasteiger partial charge is 0.494 e.